The molecular weight excluding hydrogens is 923 g/mol. The minimum atomic E-state index is -0.572. The summed E-state index contributed by atoms with van der Waals surface area (Å²) in [6.45, 7) is 0. The molecule has 1 unspecified atom stereocenters. The van der Waals surface area contributed by atoms with Gasteiger partial charge in [-0.1, -0.05) is 224 Å². The Balaban J connectivity index is 0.830. The van der Waals surface area contributed by atoms with Crippen molar-refractivity contribution < 1.29 is 8.83 Å². The fourth-order valence-corrected chi connectivity index (χ4v) is 12.9. The molecule has 0 bridgehead atoms. The molecule has 2 aromatic heterocycles. The summed E-state index contributed by atoms with van der Waals surface area (Å²) in [6.07, 6.45) is 0. The van der Waals surface area contributed by atoms with Gasteiger partial charge in [-0.05, 0) is 121 Å². The van der Waals surface area contributed by atoms with Crippen LogP contribution < -0.4 is 4.90 Å². The topological polar surface area (TPSA) is 29.5 Å². The van der Waals surface area contributed by atoms with Gasteiger partial charge in [0.1, 0.15) is 22.3 Å². The van der Waals surface area contributed by atoms with Crippen LogP contribution in [-0.2, 0) is 5.41 Å². The van der Waals surface area contributed by atoms with Gasteiger partial charge in [-0.15, -0.1) is 0 Å². The second-order valence-corrected chi connectivity index (χ2v) is 20.2. The standard InChI is InChI=1S/C73H45NO2/c1-3-15-46(16-4-1)48-29-36-52(37-30-48)74(53-38-31-49(32-39-53)47-17-5-2-6-18-47)54-40-33-50(34-41-54)55-22-13-25-61-62-43-44-66-69(72(62)76-71(55)61)63-21-8-11-27-65(63)73(66)64-26-10-7-19-57(64)58-42-35-51(45-67(58)73)56-23-14-24-60-59-20-9-12-28-68(59)75-70(56)60/h1-45H. The molecule has 0 amide bonds. The molecule has 1 atom stereocenters. The Morgan fingerprint density at radius 1 is 0.250 bits per heavy atom. The van der Waals surface area contributed by atoms with E-state index < -0.39 is 5.41 Å². The summed E-state index contributed by atoms with van der Waals surface area (Å²) in [4.78, 5) is 2.34. The van der Waals surface area contributed by atoms with Gasteiger partial charge in [0.05, 0.1) is 5.41 Å². The van der Waals surface area contributed by atoms with Crippen LogP contribution in [0.1, 0.15) is 22.3 Å². The van der Waals surface area contributed by atoms with Crippen molar-refractivity contribution in [3.05, 3.63) is 295 Å². The number of anilines is 3. The summed E-state index contributed by atoms with van der Waals surface area (Å²) >= 11 is 0. The first-order chi connectivity index (χ1) is 37.7. The Morgan fingerprint density at radius 3 is 1.36 bits per heavy atom. The number of hydrogen-bond donors (Lipinski definition) is 0. The second kappa shape index (κ2) is 16.5. The van der Waals surface area contributed by atoms with E-state index in [0.29, 0.717) is 0 Å². The van der Waals surface area contributed by atoms with Gasteiger partial charge in [0.25, 0.3) is 0 Å². The van der Waals surface area contributed by atoms with Crippen LogP contribution in [0.5, 0.6) is 0 Å². The van der Waals surface area contributed by atoms with Crippen LogP contribution in [0.2, 0.25) is 0 Å². The summed E-state index contributed by atoms with van der Waals surface area (Å²) in [6, 6.07) is 99.1. The molecule has 2 heterocycles. The summed E-state index contributed by atoms with van der Waals surface area (Å²) in [5.41, 5.74) is 25.3. The van der Waals surface area contributed by atoms with Crippen LogP contribution in [0.15, 0.2) is 282 Å². The van der Waals surface area contributed by atoms with Gasteiger partial charge >= 0.3 is 0 Å². The minimum Gasteiger partial charge on any atom is -0.455 e. The molecule has 14 aromatic rings. The van der Waals surface area contributed by atoms with Gasteiger partial charge in [-0.3, -0.25) is 0 Å². The predicted octanol–water partition coefficient (Wildman–Crippen LogP) is 20.0. The molecule has 0 N–H and O–H groups in total. The van der Waals surface area contributed by atoms with Crippen molar-refractivity contribution in [2.24, 2.45) is 0 Å². The first-order valence-corrected chi connectivity index (χ1v) is 26.1. The highest BCUT2D eigenvalue weighted by Crippen LogP contribution is 2.64. The third kappa shape index (κ3) is 6.17. The molecule has 76 heavy (non-hydrogen) atoms. The van der Waals surface area contributed by atoms with Crippen LogP contribution in [-0.4, -0.2) is 0 Å². The molecule has 12 aromatic carbocycles. The van der Waals surface area contributed by atoms with E-state index in [1.165, 1.54) is 61.2 Å². The lowest BCUT2D eigenvalue weighted by atomic mass is 9.70. The van der Waals surface area contributed by atoms with Gasteiger partial charge in [0.15, 0.2) is 0 Å². The van der Waals surface area contributed by atoms with E-state index in [-0.39, 0.29) is 0 Å². The Bertz CT molecular complexity index is 4520. The molecule has 354 valence electrons. The van der Waals surface area contributed by atoms with Crippen molar-refractivity contribution >= 4 is 60.9 Å². The number of para-hydroxylation sites is 3. The molecule has 0 saturated heterocycles. The monoisotopic (exact) mass is 967 g/mol. The fourth-order valence-electron chi connectivity index (χ4n) is 12.9. The fraction of sp³-hybridized carbons (Fsp3) is 0.0137. The summed E-state index contributed by atoms with van der Waals surface area (Å²) in [5.74, 6) is 0. The van der Waals surface area contributed by atoms with E-state index in [9.17, 15) is 0 Å². The normalized spacial score (nSPS) is 14.1. The molecule has 1 spiro atoms. The van der Waals surface area contributed by atoms with Crippen LogP contribution in [0, 0.1) is 0 Å². The number of fused-ring (bicyclic) bond motifs is 17. The molecule has 3 nitrogen and oxygen atoms in total. The van der Waals surface area contributed by atoms with E-state index >= 15 is 0 Å². The molecule has 0 fully saturated rings. The summed E-state index contributed by atoms with van der Waals surface area (Å²) in [5, 5.41) is 4.47. The quantitative estimate of drug-likeness (QED) is 0.159. The average molecular weight is 968 g/mol. The zero-order valence-electron chi connectivity index (χ0n) is 41.2. The molecule has 2 aliphatic carbocycles. The second-order valence-electron chi connectivity index (χ2n) is 20.2. The predicted molar refractivity (Wildman–Crippen MR) is 314 cm³/mol. The van der Waals surface area contributed by atoms with Gasteiger partial charge in [-0.2, -0.15) is 0 Å². The third-order valence-electron chi connectivity index (χ3n) is 16.3. The van der Waals surface area contributed by atoms with E-state index in [4.69, 9.17) is 8.83 Å². The SMILES string of the molecule is c1ccc(-c2ccc(N(c3ccc(-c4ccccc4)cc3)c3ccc(-c4cccc5c4oc4c6c(ccc45)C4(c5ccccc5-c5ccc(-c7cccc8c7oc7ccccc78)cc54)c4ccccc4-6)cc3)cc2)cc1. The third-order valence-corrected chi connectivity index (χ3v) is 16.3. The first-order valence-electron chi connectivity index (χ1n) is 26.1. The van der Waals surface area contributed by atoms with Crippen molar-refractivity contribution in [3.8, 4) is 66.8 Å². The maximum Gasteiger partial charge on any atom is 0.143 e. The lowest BCUT2D eigenvalue weighted by Crippen LogP contribution is -2.25. The molecule has 0 radical (unpaired) electrons. The molecule has 16 rings (SSSR count). The Morgan fingerprint density at radius 2 is 0.697 bits per heavy atom. The van der Waals surface area contributed by atoms with Gasteiger partial charge < -0.3 is 13.7 Å². The maximum atomic E-state index is 7.38. The van der Waals surface area contributed by atoms with Gasteiger partial charge in [0.2, 0.25) is 0 Å². The zero-order chi connectivity index (χ0) is 49.9. The summed E-state index contributed by atoms with van der Waals surface area (Å²) < 4.78 is 14.0. The number of nitrogens with zero attached hydrogens (tertiary/aromatic N) is 1. The zero-order valence-corrected chi connectivity index (χ0v) is 41.2. The number of rotatable bonds is 7. The van der Waals surface area contributed by atoms with Crippen molar-refractivity contribution in [3.63, 3.8) is 0 Å². The van der Waals surface area contributed by atoms with E-state index in [1.807, 2.05) is 6.07 Å². The summed E-state index contributed by atoms with van der Waals surface area (Å²) in [7, 11) is 0. The van der Waals surface area contributed by atoms with Gasteiger partial charge in [-0.25, -0.2) is 0 Å². The highest BCUT2D eigenvalue weighted by Gasteiger charge is 2.52. The number of furan rings is 2. The van der Waals surface area contributed by atoms with E-state index in [1.54, 1.807) is 0 Å². The van der Waals surface area contributed by atoms with Crippen LogP contribution >= 0.6 is 0 Å². The maximum absolute atomic E-state index is 7.38. The van der Waals surface area contributed by atoms with Gasteiger partial charge in [0, 0.05) is 55.3 Å². The van der Waals surface area contributed by atoms with Crippen molar-refractivity contribution in [2.75, 3.05) is 4.90 Å². The Labute approximate surface area is 439 Å². The average Bonchev–Trinajstić information content (AvgIpc) is 4.39. The van der Waals surface area contributed by atoms with Crippen molar-refractivity contribution in [2.45, 2.75) is 5.41 Å². The highest BCUT2D eigenvalue weighted by atomic mass is 16.3. The molecule has 2 aliphatic rings. The molecular formula is C73H45NO2. The molecule has 0 saturated carbocycles. The van der Waals surface area contributed by atoms with Crippen molar-refractivity contribution in [1.82, 2.24) is 0 Å². The number of benzene rings is 12. The van der Waals surface area contributed by atoms with Crippen LogP contribution in [0.3, 0.4) is 0 Å². The Kier molecular flexibility index (Phi) is 9.25. The minimum absolute atomic E-state index is 0.572. The molecule has 0 aliphatic heterocycles. The lowest BCUT2D eigenvalue weighted by molar-refractivity contribution is 0.670. The van der Waals surface area contributed by atoms with Crippen LogP contribution in [0.25, 0.3) is 111 Å². The van der Waals surface area contributed by atoms with Crippen LogP contribution in [0.4, 0.5) is 17.1 Å². The lowest BCUT2D eigenvalue weighted by Gasteiger charge is -2.30. The highest BCUT2D eigenvalue weighted by molar-refractivity contribution is 6.16. The van der Waals surface area contributed by atoms with Crippen molar-refractivity contribution in [1.29, 1.82) is 0 Å². The number of hydrogen-bond acceptors (Lipinski definition) is 3. The van der Waals surface area contributed by atoms with E-state index in [2.05, 4.69) is 272 Å². The largest absolute Gasteiger partial charge is 0.455 e. The van der Waals surface area contributed by atoms with E-state index in [0.717, 1.165) is 88.8 Å². The smallest absolute Gasteiger partial charge is 0.143 e. The Hall–Kier alpha value is -9.96. The molecule has 3 heteroatoms. The first kappa shape index (κ1) is 42.5.